The summed E-state index contributed by atoms with van der Waals surface area (Å²) in [6.45, 7) is 0. The third kappa shape index (κ3) is 7.52. The molecule has 0 spiro atoms. The van der Waals surface area contributed by atoms with Gasteiger partial charge in [0.05, 0.1) is 0 Å². The highest BCUT2D eigenvalue weighted by atomic mass is 16.3. The van der Waals surface area contributed by atoms with Crippen molar-refractivity contribution in [2.24, 2.45) is 0 Å². The fraction of sp³-hybridized carbons (Fsp3) is 0. The third-order valence-corrected chi connectivity index (χ3v) is 22.8. The number of hydrogen-bond acceptors (Lipinski definition) is 1. The van der Waals surface area contributed by atoms with E-state index in [0.717, 1.165) is 11.2 Å². The molecule has 1 aromatic heterocycles. The molecule has 31 heteroatoms. The van der Waals surface area contributed by atoms with Crippen LogP contribution in [0.2, 0.25) is 0 Å². The van der Waals surface area contributed by atoms with Crippen molar-refractivity contribution in [2.45, 2.75) is 0 Å². The molecule has 1 nitrogen and oxygen atoms in total. The zero-order chi connectivity index (χ0) is 58.4. The minimum atomic E-state index is 1.02. The van der Waals surface area contributed by atoms with Crippen molar-refractivity contribution in [1.29, 1.82) is 0 Å². The molecule has 10 rings (SSSR count). The average Bonchev–Trinajstić information content (AvgIpc) is 4.04. The summed E-state index contributed by atoms with van der Waals surface area (Å²) in [5.41, 5.74) is 54.1. The fourth-order valence-corrected chi connectivity index (χ4v) is 15.8. The predicted molar refractivity (Wildman–Crippen MR) is 453 cm³/mol. The van der Waals surface area contributed by atoms with E-state index in [1.54, 1.807) is 0 Å². The van der Waals surface area contributed by atoms with E-state index in [1.807, 2.05) is 0 Å². The van der Waals surface area contributed by atoms with Crippen LogP contribution in [0.15, 0.2) is 4.42 Å². The highest BCUT2D eigenvalue weighted by Crippen LogP contribution is 2.43. The Morgan fingerprint density at radius 1 is 0.114 bits per heavy atom. The van der Waals surface area contributed by atoms with Gasteiger partial charge in [0.1, 0.15) is 247 Å². The van der Waals surface area contributed by atoms with Crippen LogP contribution in [0.25, 0.3) is 98.8 Å². The second-order valence-electron chi connectivity index (χ2n) is 25.5. The summed E-state index contributed by atoms with van der Waals surface area (Å²) in [5.74, 6) is 0. The van der Waals surface area contributed by atoms with Crippen molar-refractivity contribution in [3.63, 3.8) is 0 Å². The Balaban J connectivity index is 1.42. The van der Waals surface area contributed by atoms with E-state index in [4.69, 9.17) is 4.42 Å². The van der Waals surface area contributed by atoms with E-state index >= 15 is 0 Å². The van der Waals surface area contributed by atoms with Gasteiger partial charge in [-0.2, -0.15) is 0 Å². The van der Waals surface area contributed by atoms with E-state index in [2.05, 4.69) is 235 Å². The molecule has 0 unspecified atom stereocenters. The summed E-state index contributed by atoms with van der Waals surface area (Å²) in [6, 6.07) is 0. The van der Waals surface area contributed by atoms with Crippen molar-refractivity contribution in [1.82, 2.24) is 0 Å². The van der Waals surface area contributed by atoms with Crippen molar-refractivity contribution in [3.05, 3.63) is 0 Å². The molecule has 348 valence electrons. The molecule has 79 heavy (non-hydrogen) atoms. The molecule has 0 bridgehead atoms. The van der Waals surface area contributed by atoms with Gasteiger partial charge in [-0.25, -0.2) is 0 Å². The van der Waals surface area contributed by atoms with E-state index < -0.39 is 0 Å². The first-order valence-corrected chi connectivity index (χ1v) is 29.4. The lowest BCUT2D eigenvalue weighted by Crippen LogP contribution is -2.57. The molecule has 0 fully saturated rings. The topological polar surface area (TPSA) is 13.1 Å². The minimum absolute atomic E-state index is 1.02. The van der Waals surface area contributed by atoms with Gasteiger partial charge in [-0.15, -0.1) is 49.2 Å². The maximum atomic E-state index is 7.47. The van der Waals surface area contributed by atoms with Gasteiger partial charge in [-0.1, -0.05) is 109 Å². The number of furan rings is 1. The molecule has 0 aliphatic heterocycles. The fourth-order valence-electron chi connectivity index (χ4n) is 15.8. The van der Waals surface area contributed by atoms with Crippen LogP contribution < -0.4 is 164 Å². The Kier molecular flexibility index (Phi) is 14.3. The lowest BCUT2D eigenvalue weighted by atomic mass is 9.54. The Bertz CT molecular complexity index is 4430. The van der Waals surface area contributed by atoms with Crippen molar-refractivity contribution in [2.75, 3.05) is 0 Å². The second kappa shape index (κ2) is 19.6. The van der Waals surface area contributed by atoms with Gasteiger partial charge >= 0.3 is 0 Å². The van der Waals surface area contributed by atoms with Gasteiger partial charge in [0.2, 0.25) is 0 Å². The van der Waals surface area contributed by atoms with Crippen LogP contribution in [0.5, 0.6) is 0 Å². The van der Waals surface area contributed by atoms with Crippen LogP contribution in [0.4, 0.5) is 0 Å². The number of hydrogen-bond donors (Lipinski definition) is 0. The van der Waals surface area contributed by atoms with Gasteiger partial charge in [0.25, 0.3) is 0 Å². The monoisotopic (exact) mass is 983 g/mol. The molecule has 0 amide bonds. The highest BCUT2D eigenvalue weighted by Gasteiger charge is 2.33. The van der Waals surface area contributed by atoms with Gasteiger partial charge < -0.3 is 4.42 Å². The maximum absolute atomic E-state index is 7.47. The van der Waals surface area contributed by atoms with Crippen molar-refractivity contribution in [3.8, 4) is 44.5 Å². The summed E-state index contributed by atoms with van der Waals surface area (Å²) in [5, 5.41) is 10.8. The summed E-state index contributed by atoms with van der Waals surface area (Å²) in [6.07, 6.45) is 0. The van der Waals surface area contributed by atoms with Crippen LogP contribution >= 0.6 is 0 Å². The van der Waals surface area contributed by atoms with Gasteiger partial charge in [-0.05, 0) is 82.3 Å². The van der Waals surface area contributed by atoms with Crippen LogP contribution in [0.1, 0.15) is 0 Å². The molecule has 0 atom stereocenters. The predicted octanol–water partition coefficient (Wildman–Crippen LogP) is -38.5. The Labute approximate surface area is 498 Å². The molecule has 0 saturated heterocycles. The lowest BCUT2D eigenvalue weighted by Gasteiger charge is -2.32. The van der Waals surface area contributed by atoms with Gasteiger partial charge in [-0.3, -0.25) is 0 Å². The normalized spacial score (nSPS) is 11.8. The molecular formula is C48H60B30O. The highest BCUT2D eigenvalue weighted by molar-refractivity contribution is 6.77. The van der Waals surface area contributed by atoms with E-state index in [9.17, 15) is 0 Å². The zero-order valence-electron chi connectivity index (χ0n) is 54.4. The molecule has 0 aliphatic carbocycles. The largest absolute Gasteiger partial charge is 0.457 e. The molecule has 0 saturated carbocycles. The first kappa shape index (κ1) is 57.7. The van der Waals surface area contributed by atoms with Crippen LogP contribution in [-0.4, -0.2) is 235 Å². The van der Waals surface area contributed by atoms with Gasteiger partial charge in [0, 0.05) is 10.8 Å². The molecule has 1 heterocycles. The number of benzene rings is 9. The Morgan fingerprint density at radius 3 is 0.620 bits per heavy atom. The number of fused-ring (bicyclic) bond motifs is 6. The summed E-state index contributed by atoms with van der Waals surface area (Å²) >= 11 is 0. The maximum Gasteiger partial charge on any atom is 0.145 e. The molecule has 0 N–H and O–H groups in total. The minimum Gasteiger partial charge on any atom is -0.457 e. The van der Waals surface area contributed by atoms with Crippen LogP contribution in [0, 0.1) is 0 Å². The zero-order valence-corrected chi connectivity index (χ0v) is 54.4. The van der Waals surface area contributed by atoms with E-state index in [1.165, 1.54) is 251 Å². The van der Waals surface area contributed by atoms with E-state index in [-0.39, 0.29) is 0 Å². The third-order valence-electron chi connectivity index (χ3n) is 22.8. The van der Waals surface area contributed by atoms with E-state index in [0.29, 0.717) is 0 Å². The first-order valence-electron chi connectivity index (χ1n) is 29.4. The summed E-state index contributed by atoms with van der Waals surface area (Å²) < 4.78 is 7.47. The SMILES string of the molecule is Bc1c(B)c(B)c(-c2c(B)c(B)c(-c3c(B)c(B)c(-c4c5c(B)c(B)c(B)c(B)c5c(-c5c(B)c(B)c(B)c6oc7c(B)c8c(B)c(B)c(B)c(B)c8c(B)c7c56)c5c(B)c(B)c(B)c(B)c45)c(B)c3B)c(B)c2B)c(B)c1B. The average molecular weight is 977 g/mol. The smallest absolute Gasteiger partial charge is 0.145 e. The first-order chi connectivity index (χ1) is 36.8. The molecule has 10 aromatic rings. The van der Waals surface area contributed by atoms with Crippen LogP contribution in [0.3, 0.4) is 0 Å². The quantitative estimate of drug-likeness (QED) is 0.127. The molecule has 0 radical (unpaired) electrons. The standard InChI is InChI=1S/C48H60B30O/c49-17-10-15(34(66)41(73)40(72)31(10)63)35(67)48-16(17)8-7(22(54)44(76)46(78)47(8)79-48)1-3-5(20(52)38(70)36(68)18(3)50)2(6-4(1)19(51)37(69)39(71)21(6)53)9-23(55)25(57)11(26(58)24(9)56)12-27(59)29(61)13(30(62)28(12)60)14-32(64)42(74)45(77)43(75)33(14)65/h49-78H2. The number of rotatable bonds is 4. The Morgan fingerprint density at radius 2 is 0.304 bits per heavy atom. The van der Waals surface area contributed by atoms with Crippen molar-refractivity contribution >= 4 is 454 Å². The molecule has 9 aromatic carbocycles. The molecule has 0 aliphatic rings. The Hall–Kier alpha value is -4.49. The van der Waals surface area contributed by atoms with Crippen LogP contribution in [-0.2, 0) is 0 Å². The second-order valence-corrected chi connectivity index (χ2v) is 25.5. The molecular weight excluding hydrogens is 917 g/mol. The van der Waals surface area contributed by atoms with Crippen molar-refractivity contribution < 1.29 is 4.42 Å². The lowest BCUT2D eigenvalue weighted by molar-refractivity contribution is 0.675. The van der Waals surface area contributed by atoms with Gasteiger partial charge in [0.15, 0.2) is 0 Å². The summed E-state index contributed by atoms with van der Waals surface area (Å²) in [7, 11) is 71.1. The summed E-state index contributed by atoms with van der Waals surface area (Å²) in [4.78, 5) is 0.